The molecular formula is C30H22N4O2. The van der Waals surface area contributed by atoms with Crippen molar-refractivity contribution >= 4 is 22.7 Å². The minimum absolute atomic E-state index is 0.706. The van der Waals surface area contributed by atoms with E-state index in [1.165, 1.54) is 0 Å². The average molecular weight is 471 g/mol. The first kappa shape index (κ1) is 22.7. The van der Waals surface area contributed by atoms with Gasteiger partial charge in [-0.15, -0.1) is 0 Å². The van der Waals surface area contributed by atoms with Crippen LogP contribution in [-0.4, -0.2) is 0 Å². The van der Waals surface area contributed by atoms with Crippen molar-refractivity contribution in [2.45, 2.75) is 0 Å². The number of ether oxygens (including phenoxy) is 2. The van der Waals surface area contributed by atoms with Crippen molar-refractivity contribution in [1.82, 2.24) is 0 Å². The predicted molar refractivity (Wildman–Crippen MR) is 141 cm³/mol. The summed E-state index contributed by atoms with van der Waals surface area (Å²) in [5.74, 6) is 2.83. The molecule has 0 amide bonds. The van der Waals surface area contributed by atoms with Gasteiger partial charge in [0.1, 0.15) is 23.0 Å². The van der Waals surface area contributed by atoms with Gasteiger partial charge in [-0.05, 0) is 97.1 Å². The number of hydrogen-bond donors (Lipinski definition) is 0. The van der Waals surface area contributed by atoms with Crippen LogP contribution < -0.4 is 9.47 Å². The van der Waals surface area contributed by atoms with E-state index in [0.717, 1.165) is 22.7 Å². The van der Waals surface area contributed by atoms with Crippen LogP contribution in [0.15, 0.2) is 154 Å². The van der Waals surface area contributed by atoms with Crippen LogP contribution in [0.5, 0.6) is 23.0 Å². The van der Waals surface area contributed by atoms with Gasteiger partial charge in [-0.1, -0.05) is 36.4 Å². The van der Waals surface area contributed by atoms with Gasteiger partial charge >= 0.3 is 0 Å². The monoisotopic (exact) mass is 470 g/mol. The zero-order chi connectivity index (χ0) is 24.4. The number of hydrogen-bond acceptors (Lipinski definition) is 6. The Morgan fingerprint density at radius 2 is 0.528 bits per heavy atom. The molecule has 0 atom stereocenters. The van der Waals surface area contributed by atoms with Crippen molar-refractivity contribution in [3.05, 3.63) is 133 Å². The largest absolute Gasteiger partial charge is 0.457 e. The minimum atomic E-state index is 0.706. The molecule has 174 valence electrons. The van der Waals surface area contributed by atoms with Crippen LogP contribution in [0, 0.1) is 0 Å². The van der Waals surface area contributed by atoms with Crippen LogP contribution in [0.4, 0.5) is 22.7 Å². The Morgan fingerprint density at radius 1 is 0.278 bits per heavy atom. The summed E-state index contributed by atoms with van der Waals surface area (Å²) in [5, 5.41) is 16.9. The smallest absolute Gasteiger partial charge is 0.127 e. The lowest BCUT2D eigenvalue weighted by atomic mass is 10.3. The molecule has 0 N–H and O–H groups in total. The molecule has 5 aromatic carbocycles. The summed E-state index contributed by atoms with van der Waals surface area (Å²) in [6, 6.07) is 41.6. The van der Waals surface area contributed by atoms with E-state index in [1.54, 1.807) is 0 Å². The quantitative estimate of drug-likeness (QED) is 0.212. The highest BCUT2D eigenvalue weighted by Gasteiger charge is 2.02. The Kier molecular flexibility index (Phi) is 7.15. The second-order valence-electron chi connectivity index (χ2n) is 7.73. The van der Waals surface area contributed by atoms with Crippen LogP contribution in [0.25, 0.3) is 0 Å². The second kappa shape index (κ2) is 11.4. The van der Waals surface area contributed by atoms with Gasteiger partial charge in [0.15, 0.2) is 0 Å². The zero-order valence-corrected chi connectivity index (χ0v) is 19.3. The van der Waals surface area contributed by atoms with Gasteiger partial charge in [0.2, 0.25) is 0 Å². The summed E-state index contributed by atoms with van der Waals surface area (Å²) in [6.45, 7) is 0. The van der Waals surface area contributed by atoms with Gasteiger partial charge in [-0.3, -0.25) is 0 Å². The van der Waals surface area contributed by atoms with Gasteiger partial charge in [0.05, 0.1) is 22.7 Å². The van der Waals surface area contributed by atoms with Crippen molar-refractivity contribution in [2.24, 2.45) is 20.5 Å². The third-order valence-electron chi connectivity index (χ3n) is 5.04. The second-order valence-corrected chi connectivity index (χ2v) is 7.73. The molecule has 0 aliphatic heterocycles. The molecule has 0 saturated heterocycles. The Bertz CT molecular complexity index is 1320. The summed E-state index contributed by atoms with van der Waals surface area (Å²) >= 11 is 0. The third-order valence-corrected chi connectivity index (χ3v) is 5.04. The maximum absolute atomic E-state index is 5.93. The van der Waals surface area contributed by atoms with Crippen molar-refractivity contribution in [1.29, 1.82) is 0 Å². The first-order valence-electron chi connectivity index (χ1n) is 11.4. The summed E-state index contributed by atoms with van der Waals surface area (Å²) in [5.41, 5.74) is 3.12. The van der Waals surface area contributed by atoms with Gasteiger partial charge < -0.3 is 9.47 Å². The van der Waals surface area contributed by atoms with Crippen LogP contribution in [-0.2, 0) is 0 Å². The van der Waals surface area contributed by atoms with Crippen LogP contribution >= 0.6 is 0 Å². The van der Waals surface area contributed by atoms with Crippen molar-refractivity contribution in [2.75, 3.05) is 0 Å². The standard InChI is InChI=1S/C30H22N4O2/c1-3-7-23(8-4-1)31-33-25-11-15-27(16-12-25)35-29-19-21-30(22-20-29)36-28-17-13-26(14-18-28)34-32-24-9-5-2-6-10-24/h1-22H. The van der Waals surface area contributed by atoms with Crippen LogP contribution in [0.3, 0.4) is 0 Å². The van der Waals surface area contributed by atoms with E-state index in [9.17, 15) is 0 Å². The van der Waals surface area contributed by atoms with E-state index in [0.29, 0.717) is 23.0 Å². The van der Waals surface area contributed by atoms with Crippen LogP contribution in [0.2, 0.25) is 0 Å². The minimum Gasteiger partial charge on any atom is -0.457 e. The van der Waals surface area contributed by atoms with Crippen molar-refractivity contribution < 1.29 is 9.47 Å². The van der Waals surface area contributed by atoms with E-state index >= 15 is 0 Å². The molecule has 0 spiro atoms. The molecule has 0 aliphatic carbocycles. The van der Waals surface area contributed by atoms with Gasteiger partial charge in [-0.2, -0.15) is 20.5 Å². The number of azo groups is 2. The Balaban J connectivity index is 1.15. The van der Waals surface area contributed by atoms with Gasteiger partial charge in [0.25, 0.3) is 0 Å². The molecule has 0 heterocycles. The van der Waals surface area contributed by atoms with E-state index in [4.69, 9.17) is 9.47 Å². The summed E-state index contributed by atoms with van der Waals surface area (Å²) in [7, 11) is 0. The van der Waals surface area contributed by atoms with E-state index < -0.39 is 0 Å². The highest BCUT2D eigenvalue weighted by Crippen LogP contribution is 2.29. The fraction of sp³-hybridized carbons (Fsp3) is 0. The molecule has 0 aliphatic rings. The van der Waals surface area contributed by atoms with Gasteiger partial charge in [-0.25, -0.2) is 0 Å². The highest BCUT2D eigenvalue weighted by molar-refractivity contribution is 5.46. The molecule has 0 saturated carbocycles. The molecule has 0 aromatic heterocycles. The highest BCUT2D eigenvalue weighted by atomic mass is 16.5. The Morgan fingerprint density at radius 3 is 0.833 bits per heavy atom. The number of rotatable bonds is 8. The Hall–Kier alpha value is -5.10. The molecule has 0 radical (unpaired) electrons. The van der Waals surface area contributed by atoms with Gasteiger partial charge in [0, 0.05) is 0 Å². The van der Waals surface area contributed by atoms with Crippen LogP contribution in [0.1, 0.15) is 0 Å². The van der Waals surface area contributed by atoms with E-state index in [2.05, 4.69) is 20.5 Å². The molecule has 36 heavy (non-hydrogen) atoms. The first-order chi connectivity index (χ1) is 17.8. The molecule has 6 heteroatoms. The molecule has 5 rings (SSSR count). The fourth-order valence-corrected chi connectivity index (χ4v) is 3.23. The summed E-state index contributed by atoms with van der Waals surface area (Å²) < 4.78 is 11.9. The lowest BCUT2D eigenvalue weighted by Gasteiger charge is -2.08. The van der Waals surface area contributed by atoms with Crippen molar-refractivity contribution in [3.63, 3.8) is 0 Å². The maximum atomic E-state index is 5.93. The zero-order valence-electron chi connectivity index (χ0n) is 19.3. The molecule has 0 fully saturated rings. The predicted octanol–water partition coefficient (Wildman–Crippen LogP) is 10.1. The topological polar surface area (TPSA) is 67.9 Å². The summed E-state index contributed by atoms with van der Waals surface area (Å²) in [6.07, 6.45) is 0. The normalized spacial score (nSPS) is 11.1. The first-order valence-corrected chi connectivity index (χ1v) is 11.4. The summed E-state index contributed by atoms with van der Waals surface area (Å²) in [4.78, 5) is 0. The molecule has 6 nitrogen and oxygen atoms in total. The lowest BCUT2D eigenvalue weighted by Crippen LogP contribution is -1.86. The lowest BCUT2D eigenvalue weighted by molar-refractivity contribution is 0.469. The number of nitrogens with zero attached hydrogens (tertiary/aromatic N) is 4. The third kappa shape index (κ3) is 6.48. The maximum Gasteiger partial charge on any atom is 0.127 e. The molecule has 0 bridgehead atoms. The number of benzene rings is 5. The van der Waals surface area contributed by atoms with E-state index in [-0.39, 0.29) is 0 Å². The molecule has 0 unspecified atom stereocenters. The molecular weight excluding hydrogens is 448 g/mol. The Labute approximate surface area is 209 Å². The SMILES string of the molecule is c1ccc(N=Nc2ccc(Oc3ccc(Oc4ccc(N=Nc5ccccc5)cc4)cc3)cc2)cc1. The fourth-order valence-electron chi connectivity index (χ4n) is 3.23. The average Bonchev–Trinajstić information content (AvgIpc) is 2.94. The van der Waals surface area contributed by atoms with Crippen molar-refractivity contribution in [3.8, 4) is 23.0 Å². The van der Waals surface area contributed by atoms with E-state index in [1.807, 2.05) is 133 Å². The molecule has 5 aromatic rings.